The summed E-state index contributed by atoms with van der Waals surface area (Å²) in [6, 6.07) is 7.54. The van der Waals surface area contributed by atoms with Crippen LogP contribution in [0.25, 0.3) is 22.3 Å². The molecular weight excluding hydrogens is 481 g/mol. The van der Waals surface area contributed by atoms with Crippen LogP contribution < -0.4 is 15.5 Å². The van der Waals surface area contributed by atoms with E-state index in [1.165, 1.54) is 18.3 Å². The highest BCUT2D eigenvalue weighted by Crippen LogP contribution is 2.37. The topological polar surface area (TPSA) is 66.5 Å². The van der Waals surface area contributed by atoms with Crippen molar-refractivity contribution in [3.05, 3.63) is 65.1 Å². The van der Waals surface area contributed by atoms with Crippen molar-refractivity contribution in [1.82, 2.24) is 10.3 Å². The summed E-state index contributed by atoms with van der Waals surface area (Å²) < 4.78 is 51.7. The number of rotatable bonds is 5. The highest BCUT2D eigenvalue weighted by molar-refractivity contribution is 5.97. The minimum absolute atomic E-state index is 0.0315. The molecule has 0 aliphatic carbocycles. The molecule has 194 valence electrons. The second kappa shape index (κ2) is 10.0. The number of ether oxygens (including phenoxy) is 1. The maximum atomic E-state index is 15.4. The van der Waals surface area contributed by atoms with E-state index in [0.29, 0.717) is 55.2 Å². The van der Waals surface area contributed by atoms with Gasteiger partial charge in [-0.1, -0.05) is 13.8 Å². The fourth-order valence-corrected chi connectivity index (χ4v) is 4.97. The monoisotopic (exact) mass is 510 g/mol. The lowest BCUT2D eigenvalue weighted by Gasteiger charge is -2.36. The van der Waals surface area contributed by atoms with E-state index in [4.69, 9.17) is 4.74 Å². The molecule has 1 saturated heterocycles. The van der Waals surface area contributed by atoms with E-state index in [2.05, 4.69) is 15.6 Å². The standard InChI is InChI=1S/C28H29F3N4O2/c1-15(2)24-14-35(8-9-37-24)23-5-4-18(25(30)26(23)31)17-11-21(27(32-3)34-13-17)20-10-16-6-7-33-28(36)19(16)12-22(20)29/h4-5,10-13,15,24H,6-9,14H2,1-3H3,(H,32,34)(H,33,36)/t24-/m0/s1. The first-order valence-electron chi connectivity index (χ1n) is 12.4. The summed E-state index contributed by atoms with van der Waals surface area (Å²) >= 11 is 0. The number of halogens is 3. The van der Waals surface area contributed by atoms with Crippen molar-refractivity contribution in [2.24, 2.45) is 5.92 Å². The highest BCUT2D eigenvalue weighted by atomic mass is 19.2. The summed E-state index contributed by atoms with van der Waals surface area (Å²) in [5.74, 6) is -2.20. The van der Waals surface area contributed by atoms with E-state index in [1.807, 2.05) is 18.7 Å². The number of carbonyl (C=O) groups excluding carboxylic acids is 1. The Kier molecular flexibility index (Phi) is 6.81. The molecule has 6 nitrogen and oxygen atoms in total. The van der Waals surface area contributed by atoms with Gasteiger partial charge in [0.2, 0.25) is 0 Å². The zero-order valence-electron chi connectivity index (χ0n) is 21.0. The lowest BCUT2D eigenvalue weighted by Crippen LogP contribution is -2.45. The summed E-state index contributed by atoms with van der Waals surface area (Å²) in [4.78, 5) is 18.3. The Morgan fingerprint density at radius 1 is 1.08 bits per heavy atom. The third-order valence-corrected chi connectivity index (χ3v) is 7.08. The summed E-state index contributed by atoms with van der Waals surface area (Å²) in [5, 5.41) is 5.64. The van der Waals surface area contributed by atoms with E-state index < -0.39 is 17.5 Å². The second-order valence-electron chi connectivity index (χ2n) is 9.72. The van der Waals surface area contributed by atoms with Crippen LogP contribution in [0.3, 0.4) is 0 Å². The van der Waals surface area contributed by atoms with Crippen LogP contribution in [0.15, 0.2) is 36.5 Å². The van der Waals surface area contributed by atoms with Gasteiger partial charge in [0.25, 0.3) is 5.91 Å². The Morgan fingerprint density at radius 3 is 2.65 bits per heavy atom. The molecule has 0 saturated carbocycles. The average Bonchev–Trinajstić information content (AvgIpc) is 2.90. The van der Waals surface area contributed by atoms with Gasteiger partial charge in [0, 0.05) is 60.7 Å². The number of hydrogen-bond donors (Lipinski definition) is 2. The fourth-order valence-electron chi connectivity index (χ4n) is 4.97. The van der Waals surface area contributed by atoms with Gasteiger partial charge >= 0.3 is 0 Å². The number of hydrogen-bond acceptors (Lipinski definition) is 5. The zero-order valence-corrected chi connectivity index (χ0v) is 21.0. The van der Waals surface area contributed by atoms with Gasteiger partial charge in [-0.3, -0.25) is 4.79 Å². The smallest absolute Gasteiger partial charge is 0.251 e. The Balaban J connectivity index is 1.54. The quantitative estimate of drug-likeness (QED) is 0.505. The Bertz CT molecular complexity index is 1360. The lowest BCUT2D eigenvalue weighted by atomic mass is 9.93. The number of fused-ring (bicyclic) bond motifs is 1. The summed E-state index contributed by atoms with van der Waals surface area (Å²) in [5.41, 5.74) is 2.18. The summed E-state index contributed by atoms with van der Waals surface area (Å²) in [7, 11) is 1.65. The van der Waals surface area contributed by atoms with Crippen molar-refractivity contribution in [2.75, 3.05) is 43.5 Å². The molecule has 5 rings (SSSR count). The van der Waals surface area contributed by atoms with Crippen LogP contribution in [-0.4, -0.2) is 50.3 Å². The van der Waals surface area contributed by atoms with E-state index >= 15 is 13.2 Å². The maximum absolute atomic E-state index is 15.4. The Morgan fingerprint density at radius 2 is 1.89 bits per heavy atom. The Labute approximate surface area is 213 Å². The maximum Gasteiger partial charge on any atom is 0.251 e. The van der Waals surface area contributed by atoms with Crippen molar-refractivity contribution >= 4 is 17.4 Å². The van der Waals surface area contributed by atoms with E-state index in [-0.39, 0.29) is 34.7 Å². The van der Waals surface area contributed by atoms with Crippen molar-refractivity contribution in [3.63, 3.8) is 0 Å². The van der Waals surface area contributed by atoms with E-state index in [9.17, 15) is 4.79 Å². The summed E-state index contributed by atoms with van der Waals surface area (Å²) in [6.07, 6.45) is 1.94. The number of amides is 1. The SMILES string of the molecule is CNc1ncc(-c2ccc(N3CCO[C@H](C(C)C)C3)c(F)c2F)cc1-c1cc2c(cc1F)C(=O)NCC2. The molecule has 2 aliphatic rings. The second-order valence-corrected chi connectivity index (χ2v) is 9.72. The average molecular weight is 511 g/mol. The van der Waals surface area contributed by atoms with Gasteiger partial charge < -0.3 is 20.3 Å². The number of nitrogens with zero attached hydrogens (tertiary/aromatic N) is 2. The number of anilines is 2. The number of pyridine rings is 1. The van der Waals surface area contributed by atoms with Crippen LogP contribution in [0.5, 0.6) is 0 Å². The first-order valence-corrected chi connectivity index (χ1v) is 12.4. The number of carbonyl (C=O) groups is 1. The zero-order chi connectivity index (χ0) is 26.3. The number of nitrogens with one attached hydrogen (secondary N) is 2. The summed E-state index contributed by atoms with van der Waals surface area (Å²) in [6.45, 7) is 5.93. The number of benzene rings is 2. The normalized spacial score (nSPS) is 17.5. The van der Waals surface area contributed by atoms with Gasteiger partial charge in [0.15, 0.2) is 11.6 Å². The van der Waals surface area contributed by atoms with E-state index in [0.717, 1.165) is 5.56 Å². The third kappa shape index (κ3) is 4.64. The van der Waals surface area contributed by atoms with E-state index in [1.54, 1.807) is 25.2 Å². The van der Waals surface area contributed by atoms with Crippen LogP contribution >= 0.6 is 0 Å². The molecule has 0 bridgehead atoms. The van der Waals surface area contributed by atoms with Crippen LogP contribution in [0.4, 0.5) is 24.7 Å². The third-order valence-electron chi connectivity index (χ3n) is 7.08. The Hall–Kier alpha value is -3.59. The molecule has 0 unspecified atom stereocenters. The molecule has 37 heavy (non-hydrogen) atoms. The fraction of sp³-hybridized carbons (Fsp3) is 0.357. The molecular formula is C28H29F3N4O2. The van der Waals surface area contributed by atoms with Crippen LogP contribution in [0.1, 0.15) is 29.8 Å². The van der Waals surface area contributed by atoms with Crippen molar-refractivity contribution < 1.29 is 22.7 Å². The van der Waals surface area contributed by atoms with Gasteiger partial charge in [-0.2, -0.15) is 0 Å². The molecule has 3 heterocycles. The van der Waals surface area contributed by atoms with Gasteiger partial charge in [0.05, 0.1) is 18.4 Å². The van der Waals surface area contributed by atoms with Gasteiger partial charge in [-0.05, 0) is 48.2 Å². The molecule has 1 amide bonds. The first kappa shape index (κ1) is 25.1. The largest absolute Gasteiger partial charge is 0.374 e. The molecule has 2 aliphatic heterocycles. The van der Waals surface area contributed by atoms with Crippen LogP contribution in [-0.2, 0) is 11.2 Å². The molecule has 2 aromatic carbocycles. The number of aromatic nitrogens is 1. The predicted molar refractivity (Wildman–Crippen MR) is 137 cm³/mol. The highest BCUT2D eigenvalue weighted by Gasteiger charge is 2.27. The van der Waals surface area contributed by atoms with Crippen molar-refractivity contribution in [2.45, 2.75) is 26.4 Å². The first-order chi connectivity index (χ1) is 17.8. The minimum Gasteiger partial charge on any atom is -0.374 e. The molecule has 1 fully saturated rings. The van der Waals surface area contributed by atoms with Gasteiger partial charge in [-0.25, -0.2) is 18.2 Å². The van der Waals surface area contributed by atoms with Gasteiger partial charge in [-0.15, -0.1) is 0 Å². The van der Waals surface area contributed by atoms with Crippen LogP contribution in [0, 0.1) is 23.4 Å². The molecule has 0 spiro atoms. The molecule has 1 aromatic heterocycles. The van der Waals surface area contributed by atoms with Crippen molar-refractivity contribution in [3.8, 4) is 22.3 Å². The molecule has 2 N–H and O–H groups in total. The molecule has 1 atom stereocenters. The molecule has 0 radical (unpaired) electrons. The minimum atomic E-state index is -0.988. The molecule has 9 heteroatoms. The van der Waals surface area contributed by atoms with Gasteiger partial charge in [0.1, 0.15) is 11.6 Å². The predicted octanol–water partition coefficient (Wildman–Crippen LogP) is 5.02. The molecule has 3 aromatic rings. The number of morpholine rings is 1. The van der Waals surface area contributed by atoms with Crippen LogP contribution in [0.2, 0.25) is 0 Å². The van der Waals surface area contributed by atoms with Crippen molar-refractivity contribution in [1.29, 1.82) is 0 Å². The lowest BCUT2D eigenvalue weighted by molar-refractivity contribution is 0.0112.